The van der Waals surface area contributed by atoms with Crippen molar-refractivity contribution in [1.29, 1.82) is 0 Å². The van der Waals surface area contributed by atoms with Gasteiger partial charge in [0.1, 0.15) is 11.4 Å². The molecule has 1 aromatic heterocycles. The number of nitrogens with zero attached hydrogens (tertiary/aromatic N) is 5. The highest BCUT2D eigenvalue weighted by Gasteiger charge is 2.26. The van der Waals surface area contributed by atoms with E-state index >= 15 is 0 Å². The monoisotopic (exact) mass is 594 g/mol. The molecule has 0 spiro atoms. The van der Waals surface area contributed by atoms with Gasteiger partial charge in [0.05, 0.1) is 17.8 Å². The molecule has 1 saturated heterocycles. The number of hydrogen-bond acceptors (Lipinski definition) is 11. The summed E-state index contributed by atoms with van der Waals surface area (Å²) in [5.74, 6) is 1.13. The third kappa shape index (κ3) is 9.13. The van der Waals surface area contributed by atoms with E-state index in [0.717, 1.165) is 52.3 Å². The number of carbonyl (C=O) groups is 1. The Morgan fingerprint density at radius 2 is 1.67 bits per heavy atom. The van der Waals surface area contributed by atoms with Crippen molar-refractivity contribution in [2.24, 2.45) is 0 Å². The molecular weight excluding hydrogens is 552 g/mol. The molecule has 0 saturated carbocycles. The number of aryl methyl sites for hydroxylation is 1. The minimum Gasteiger partial charge on any atom is -0.444 e. The van der Waals surface area contributed by atoms with E-state index in [1.807, 2.05) is 84.9 Å². The lowest BCUT2D eigenvalue weighted by Gasteiger charge is -2.36. The van der Waals surface area contributed by atoms with Crippen LogP contribution in [-0.4, -0.2) is 63.5 Å². The van der Waals surface area contributed by atoms with E-state index < -0.39 is 5.60 Å². The molecule has 1 fully saturated rings. The Morgan fingerprint density at radius 3 is 2.31 bits per heavy atom. The molecule has 0 unspecified atom stereocenters. The van der Waals surface area contributed by atoms with Gasteiger partial charge in [-0.25, -0.2) is 14.5 Å². The highest BCUT2D eigenvalue weighted by Crippen LogP contribution is 2.27. The lowest BCUT2D eigenvalue weighted by atomic mass is 10.1. The quantitative estimate of drug-likeness (QED) is 0.170. The van der Waals surface area contributed by atoms with Gasteiger partial charge < -0.3 is 25.2 Å². The molecule has 12 heteroatoms. The number of piperazine rings is 1. The Balaban J connectivity index is 1.35. The first-order valence-corrected chi connectivity index (χ1v) is 14.8. The predicted molar refractivity (Wildman–Crippen MR) is 171 cm³/mol. The number of ether oxygens (including phenoxy) is 1. The minimum absolute atomic E-state index is 0.151. The van der Waals surface area contributed by atoms with Crippen molar-refractivity contribution in [2.45, 2.75) is 59.6 Å². The fraction of sp³-hybridized carbons (Fsp3) is 0.433. The minimum atomic E-state index is -0.495. The molecule has 1 aliphatic heterocycles. The summed E-state index contributed by atoms with van der Waals surface area (Å²) in [7, 11) is 0. The van der Waals surface area contributed by atoms with Crippen molar-refractivity contribution >= 4 is 52.7 Å². The van der Waals surface area contributed by atoms with Gasteiger partial charge in [-0.2, -0.15) is 9.45 Å². The SMILES string of the molecule is Cc1cnc(Nc2ccc(N3CCN(C(=O)OC(C)(C)C)CC3)cc2)nc1Nc1cccc(N(O)SNC(C)(C)C)c1. The van der Waals surface area contributed by atoms with Crippen LogP contribution in [0.4, 0.5) is 39.3 Å². The van der Waals surface area contributed by atoms with Crippen LogP contribution < -0.4 is 24.7 Å². The molecule has 1 aliphatic rings. The van der Waals surface area contributed by atoms with E-state index in [-0.39, 0.29) is 11.6 Å². The molecule has 42 heavy (non-hydrogen) atoms. The maximum absolute atomic E-state index is 12.4. The Bertz CT molecular complexity index is 1350. The van der Waals surface area contributed by atoms with Gasteiger partial charge >= 0.3 is 6.09 Å². The van der Waals surface area contributed by atoms with Gasteiger partial charge in [0, 0.05) is 60.5 Å². The standard InChI is InChI=1S/C30H42N8O3S/c1-21-20-31-27(34-26(21)32-23-9-8-10-25(19-23)38(40)42-35-29(2,3)4)33-22-11-13-24(14-12-22)36-15-17-37(18-16-36)28(39)41-30(5,6)7/h8-14,19-20,35,40H,15-18H2,1-7H3,(H2,31,32,33,34). The Morgan fingerprint density at radius 1 is 0.976 bits per heavy atom. The Hall–Kier alpha value is -3.74. The fourth-order valence-electron chi connectivity index (χ4n) is 4.06. The largest absolute Gasteiger partial charge is 0.444 e. The van der Waals surface area contributed by atoms with E-state index in [1.165, 1.54) is 0 Å². The average molecular weight is 595 g/mol. The van der Waals surface area contributed by atoms with Crippen LogP contribution in [0.2, 0.25) is 0 Å². The van der Waals surface area contributed by atoms with Crippen LogP contribution in [0.1, 0.15) is 47.1 Å². The van der Waals surface area contributed by atoms with Gasteiger partial charge in [0.2, 0.25) is 5.95 Å². The second kappa shape index (κ2) is 13.1. The molecule has 2 heterocycles. The fourth-order valence-corrected chi connectivity index (χ4v) is 4.64. The average Bonchev–Trinajstić information content (AvgIpc) is 2.93. The lowest BCUT2D eigenvalue weighted by Crippen LogP contribution is -2.50. The number of amides is 1. The van der Waals surface area contributed by atoms with E-state index in [0.29, 0.717) is 30.5 Å². The van der Waals surface area contributed by atoms with Crippen LogP contribution in [0.5, 0.6) is 0 Å². The van der Waals surface area contributed by atoms with E-state index in [9.17, 15) is 10.0 Å². The molecule has 4 N–H and O–H groups in total. The molecule has 3 aromatic rings. The Kier molecular flexibility index (Phi) is 9.70. The maximum atomic E-state index is 12.4. The molecule has 226 valence electrons. The summed E-state index contributed by atoms with van der Waals surface area (Å²) in [6.45, 7) is 16.4. The molecule has 0 atom stereocenters. The molecule has 0 radical (unpaired) electrons. The maximum Gasteiger partial charge on any atom is 0.410 e. The molecular formula is C30H42N8O3S. The second-order valence-electron chi connectivity index (χ2n) is 12.2. The zero-order valence-electron chi connectivity index (χ0n) is 25.4. The molecule has 0 aliphatic carbocycles. The predicted octanol–water partition coefficient (Wildman–Crippen LogP) is 6.48. The topological polar surface area (TPSA) is 118 Å². The van der Waals surface area contributed by atoms with Crippen LogP contribution in [0.3, 0.4) is 0 Å². The van der Waals surface area contributed by atoms with Gasteiger partial charge in [0.15, 0.2) is 0 Å². The number of nitrogens with one attached hydrogen (secondary N) is 3. The smallest absolute Gasteiger partial charge is 0.410 e. The zero-order valence-corrected chi connectivity index (χ0v) is 26.2. The first-order chi connectivity index (χ1) is 19.8. The van der Waals surface area contributed by atoms with Gasteiger partial charge in [-0.1, -0.05) is 6.07 Å². The summed E-state index contributed by atoms with van der Waals surface area (Å²) in [5, 5.41) is 17.1. The van der Waals surface area contributed by atoms with Gasteiger partial charge in [-0.15, -0.1) is 0 Å². The molecule has 1 amide bonds. The summed E-state index contributed by atoms with van der Waals surface area (Å²) in [5.41, 5.74) is 3.60. The van der Waals surface area contributed by atoms with Crippen molar-refractivity contribution in [3.63, 3.8) is 0 Å². The van der Waals surface area contributed by atoms with Crippen molar-refractivity contribution < 1.29 is 14.7 Å². The first kappa shape index (κ1) is 31.2. The number of carbonyl (C=O) groups excluding carboxylic acids is 1. The summed E-state index contributed by atoms with van der Waals surface area (Å²) in [6.07, 6.45) is 1.51. The summed E-state index contributed by atoms with van der Waals surface area (Å²) in [6, 6.07) is 15.6. The molecule has 0 bridgehead atoms. The third-order valence-electron chi connectivity index (χ3n) is 6.16. The van der Waals surface area contributed by atoms with Crippen molar-refractivity contribution in [2.75, 3.05) is 46.2 Å². The second-order valence-corrected chi connectivity index (χ2v) is 13.0. The summed E-state index contributed by atoms with van der Waals surface area (Å²) in [4.78, 5) is 25.5. The third-order valence-corrected chi connectivity index (χ3v) is 7.25. The lowest BCUT2D eigenvalue weighted by molar-refractivity contribution is 0.0240. The number of aromatic nitrogens is 2. The van der Waals surface area contributed by atoms with Gasteiger partial charge in [-0.05, 0) is 90.9 Å². The first-order valence-electron chi connectivity index (χ1n) is 14.0. The van der Waals surface area contributed by atoms with Crippen LogP contribution in [-0.2, 0) is 4.74 Å². The number of benzene rings is 2. The zero-order chi connectivity index (χ0) is 30.5. The molecule has 4 rings (SSSR count). The highest BCUT2D eigenvalue weighted by molar-refractivity contribution is 7.98. The number of hydrogen-bond donors (Lipinski definition) is 4. The van der Waals surface area contributed by atoms with Crippen molar-refractivity contribution in [3.8, 4) is 0 Å². The van der Waals surface area contributed by atoms with Crippen LogP contribution >= 0.6 is 12.1 Å². The number of anilines is 6. The van der Waals surface area contributed by atoms with Crippen molar-refractivity contribution in [1.82, 2.24) is 19.6 Å². The summed E-state index contributed by atoms with van der Waals surface area (Å²) < 4.78 is 9.79. The molecule has 2 aromatic carbocycles. The summed E-state index contributed by atoms with van der Waals surface area (Å²) >= 11 is 1.12. The van der Waals surface area contributed by atoms with Crippen molar-refractivity contribution in [3.05, 3.63) is 60.3 Å². The molecule has 11 nitrogen and oxygen atoms in total. The van der Waals surface area contributed by atoms with Crippen LogP contribution in [0.15, 0.2) is 54.7 Å². The van der Waals surface area contributed by atoms with E-state index in [2.05, 4.69) is 42.4 Å². The van der Waals surface area contributed by atoms with E-state index in [4.69, 9.17) is 4.74 Å². The normalized spacial score (nSPS) is 14.0. The Labute approximate surface area is 252 Å². The van der Waals surface area contributed by atoms with E-state index in [1.54, 1.807) is 11.1 Å². The van der Waals surface area contributed by atoms with Gasteiger partial charge in [0.25, 0.3) is 0 Å². The van der Waals surface area contributed by atoms with Crippen LogP contribution in [0.25, 0.3) is 0 Å². The highest BCUT2D eigenvalue weighted by atomic mass is 32.2. The van der Waals surface area contributed by atoms with Gasteiger partial charge in [-0.3, -0.25) is 5.21 Å². The van der Waals surface area contributed by atoms with Crippen LogP contribution in [0, 0.1) is 6.92 Å². The number of rotatable bonds is 8.